The molecule has 0 radical (unpaired) electrons. The van der Waals surface area contributed by atoms with E-state index < -0.39 is 11.7 Å². The molecule has 0 heterocycles. The molecular formula is C62H120N2O7S2. The molecule has 0 aromatic heterocycles. The first-order chi connectivity index (χ1) is 35.4. The Morgan fingerprint density at radius 3 is 1.26 bits per heavy atom. The van der Waals surface area contributed by atoms with Crippen LogP contribution < -0.4 is 5.32 Å². The lowest BCUT2D eigenvalue weighted by Gasteiger charge is -2.33. The van der Waals surface area contributed by atoms with Crippen molar-refractivity contribution in [3.05, 3.63) is 0 Å². The highest BCUT2D eigenvalue weighted by molar-refractivity contribution is 8.76. The van der Waals surface area contributed by atoms with Crippen molar-refractivity contribution >= 4 is 45.5 Å². The third-order valence-electron chi connectivity index (χ3n) is 14.3. The smallest absolute Gasteiger partial charge is 0.407 e. The Hall–Kier alpha value is -1.62. The van der Waals surface area contributed by atoms with E-state index in [0.717, 1.165) is 127 Å². The number of amides is 2. The number of nitrogens with one attached hydrogen (secondary N) is 1. The Labute approximate surface area is 460 Å². The van der Waals surface area contributed by atoms with Crippen molar-refractivity contribution in [2.24, 2.45) is 11.8 Å². The van der Waals surface area contributed by atoms with Gasteiger partial charge in [-0.2, -0.15) is 0 Å². The molecule has 2 atom stereocenters. The number of ether oxygens (including phenoxy) is 3. The quantitative estimate of drug-likeness (QED) is 0.0275. The Bertz CT molecular complexity index is 1210. The summed E-state index contributed by atoms with van der Waals surface area (Å²) >= 11 is 0. The van der Waals surface area contributed by atoms with Crippen molar-refractivity contribution in [1.82, 2.24) is 10.2 Å². The topological polar surface area (TPSA) is 111 Å². The number of unbranched alkanes of at least 4 members (excludes halogenated alkanes) is 24. The van der Waals surface area contributed by atoms with Crippen molar-refractivity contribution in [1.29, 1.82) is 0 Å². The van der Waals surface area contributed by atoms with Gasteiger partial charge in [0.15, 0.2) is 0 Å². The first kappa shape index (κ1) is 71.4. The molecule has 2 unspecified atom stereocenters. The van der Waals surface area contributed by atoms with Crippen LogP contribution in [0.2, 0.25) is 0 Å². The summed E-state index contributed by atoms with van der Waals surface area (Å²) in [4.78, 5) is 53.9. The molecule has 0 rings (SSSR count). The number of esters is 2. The van der Waals surface area contributed by atoms with Gasteiger partial charge in [0.2, 0.25) is 5.91 Å². The van der Waals surface area contributed by atoms with Crippen LogP contribution in [0.25, 0.3) is 0 Å². The summed E-state index contributed by atoms with van der Waals surface area (Å²) in [5.74, 6) is 2.77. The van der Waals surface area contributed by atoms with Crippen molar-refractivity contribution in [3.63, 3.8) is 0 Å². The Morgan fingerprint density at radius 1 is 0.438 bits per heavy atom. The largest absolute Gasteiger partial charge is 0.465 e. The number of hydrogen-bond donors (Lipinski definition) is 1. The molecule has 0 aromatic carbocycles. The molecule has 0 bridgehead atoms. The highest BCUT2D eigenvalue weighted by Gasteiger charge is 2.23. The standard InChI is InChI=1S/C62H120N2O7S2/c1-9-14-19-22-27-32-39-50-64(58(65)48-51-72-73-52-49-63-61(68)71-62(6,7)8)57(44-35-28-23-25-30-37-46-59(66)69-53-55(40-17-12-4)42-33-20-15-10-2)45-36-29-24-26-31-38-47-60(67)70-54-56(41-18-13-5)43-34-21-16-11-3/h55-57H,9-54H2,1-8H3,(H,63,68). The lowest BCUT2D eigenvalue weighted by atomic mass is 9.96. The second-order valence-corrected chi connectivity index (χ2v) is 25.3. The van der Waals surface area contributed by atoms with Gasteiger partial charge in [-0.3, -0.25) is 14.4 Å². The molecule has 73 heavy (non-hydrogen) atoms. The van der Waals surface area contributed by atoms with Gasteiger partial charge in [-0.25, -0.2) is 4.79 Å². The Kier molecular flexibility index (Phi) is 51.3. The molecule has 0 fully saturated rings. The number of nitrogens with zero attached hydrogens (tertiary/aromatic N) is 1. The zero-order chi connectivity index (χ0) is 53.9. The molecule has 432 valence electrons. The fourth-order valence-corrected chi connectivity index (χ4v) is 11.6. The minimum atomic E-state index is -0.516. The van der Waals surface area contributed by atoms with Gasteiger partial charge in [0.25, 0.3) is 0 Å². The first-order valence-electron chi connectivity index (χ1n) is 31.2. The van der Waals surface area contributed by atoms with Crippen LogP contribution in [0.15, 0.2) is 0 Å². The van der Waals surface area contributed by atoms with Crippen molar-refractivity contribution in [2.75, 3.05) is 37.8 Å². The molecule has 1 N–H and O–H groups in total. The van der Waals surface area contributed by atoms with Gasteiger partial charge in [0.05, 0.1) is 13.2 Å². The van der Waals surface area contributed by atoms with Crippen molar-refractivity contribution in [3.8, 4) is 0 Å². The highest BCUT2D eigenvalue weighted by atomic mass is 33.1. The minimum absolute atomic E-state index is 0.0228. The zero-order valence-electron chi connectivity index (χ0n) is 49.4. The summed E-state index contributed by atoms with van der Waals surface area (Å²) in [6, 6.07) is 0.258. The summed E-state index contributed by atoms with van der Waals surface area (Å²) < 4.78 is 17.0. The molecule has 0 aliphatic carbocycles. The van der Waals surface area contributed by atoms with Crippen LogP contribution in [0, 0.1) is 11.8 Å². The van der Waals surface area contributed by atoms with Crippen LogP contribution in [0.1, 0.15) is 312 Å². The molecular weight excluding hydrogens is 949 g/mol. The Balaban J connectivity index is 5.30. The van der Waals surface area contributed by atoms with E-state index in [1.54, 1.807) is 21.6 Å². The molecule has 0 aliphatic heterocycles. The van der Waals surface area contributed by atoms with Crippen LogP contribution >= 0.6 is 21.6 Å². The van der Waals surface area contributed by atoms with Gasteiger partial charge in [0, 0.05) is 49.9 Å². The fraction of sp³-hybridized carbons (Fsp3) is 0.935. The van der Waals surface area contributed by atoms with E-state index >= 15 is 0 Å². The lowest BCUT2D eigenvalue weighted by molar-refractivity contribution is -0.146. The SMILES string of the molecule is CCCCCCCCCN(C(=O)CCSSCCNC(=O)OC(C)(C)C)C(CCCCCCCCC(=O)OCC(CCCC)CCCCCC)CCCCCCCCC(=O)OCC(CCCC)CCCCCC. The molecule has 0 spiro atoms. The molecule has 0 saturated carbocycles. The maximum Gasteiger partial charge on any atom is 0.407 e. The summed E-state index contributed by atoms with van der Waals surface area (Å²) in [7, 11) is 3.42. The monoisotopic (exact) mass is 1070 g/mol. The Morgan fingerprint density at radius 2 is 0.808 bits per heavy atom. The average Bonchev–Trinajstić information content (AvgIpc) is 3.36. The van der Waals surface area contributed by atoms with Crippen molar-refractivity contribution < 1.29 is 33.4 Å². The molecule has 11 heteroatoms. The predicted octanol–water partition coefficient (Wildman–Crippen LogP) is 19.1. The van der Waals surface area contributed by atoms with Gasteiger partial charge in [-0.1, -0.05) is 236 Å². The van der Waals surface area contributed by atoms with Crippen LogP contribution in [-0.4, -0.2) is 78.3 Å². The lowest BCUT2D eigenvalue weighted by Crippen LogP contribution is -2.41. The van der Waals surface area contributed by atoms with Gasteiger partial charge in [-0.05, 0) is 90.4 Å². The maximum absolute atomic E-state index is 14.2. The second kappa shape index (κ2) is 52.4. The normalized spacial score (nSPS) is 12.9. The number of hydrogen-bond acceptors (Lipinski definition) is 9. The summed E-state index contributed by atoms with van der Waals surface area (Å²) in [6.45, 7) is 19.4. The van der Waals surface area contributed by atoms with Gasteiger partial charge >= 0.3 is 18.0 Å². The van der Waals surface area contributed by atoms with E-state index in [-0.39, 0.29) is 23.9 Å². The molecule has 0 saturated heterocycles. The van der Waals surface area contributed by atoms with E-state index in [4.69, 9.17) is 14.2 Å². The third-order valence-corrected chi connectivity index (χ3v) is 16.7. The fourth-order valence-electron chi connectivity index (χ4n) is 9.71. The molecule has 0 aromatic rings. The van der Waals surface area contributed by atoms with E-state index in [9.17, 15) is 19.2 Å². The average molecular weight is 1070 g/mol. The van der Waals surface area contributed by atoms with Gasteiger partial charge < -0.3 is 24.4 Å². The van der Waals surface area contributed by atoms with E-state index in [0.29, 0.717) is 50.9 Å². The molecule has 9 nitrogen and oxygen atoms in total. The molecule has 2 amide bonds. The number of carbonyl (C=O) groups excluding carboxylic acids is 4. The summed E-state index contributed by atoms with van der Waals surface area (Å²) in [6.07, 6.45) is 44.6. The van der Waals surface area contributed by atoms with Gasteiger partial charge in [0.1, 0.15) is 5.60 Å². The predicted molar refractivity (Wildman–Crippen MR) is 317 cm³/mol. The maximum atomic E-state index is 14.2. The zero-order valence-corrected chi connectivity index (χ0v) is 51.0. The van der Waals surface area contributed by atoms with E-state index in [2.05, 4.69) is 44.8 Å². The number of rotatable bonds is 54. The minimum Gasteiger partial charge on any atom is -0.465 e. The van der Waals surface area contributed by atoms with Crippen molar-refractivity contribution in [2.45, 2.75) is 324 Å². The molecule has 0 aliphatic rings. The van der Waals surface area contributed by atoms with Crippen LogP contribution in [0.4, 0.5) is 4.79 Å². The number of alkyl carbamates (subject to hydrolysis) is 1. The van der Waals surface area contributed by atoms with E-state index in [1.165, 1.54) is 128 Å². The van der Waals surface area contributed by atoms with E-state index in [1.807, 2.05) is 20.8 Å². The summed E-state index contributed by atoms with van der Waals surface area (Å²) in [5, 5.41) is 2.84. The first-order valence-corrected chi connectivity index (χ1v) is 33.7. The van der Waals surface area contributed by atoms with Gasteiger partial charge in [-0.15, -0.1) is 0 Å². The van der Waals surface area contributed by atoms with Crippen LogP contribution in [-0.2, 0) is 28.6 Å². The number of carbonyl (C=O) groups is 4. The van der Waals surface area contributed by atoms with Crippen LogP contribution in [0.5, 0.6) is 0 Å². The second-order valence-electron chi connectivity index (χ2n) is 22.6. The third kappa shape index (κ3) is 48.5. The van der Waals surface area contributed by atoms with Crippen LogP contribution in [0.3, 0.4) is 0 Å². The highest BCUT2D eigenvalue weighted by Crippen LogP contribution is 2.26. The summed E-state index contributed by atoms with van der Waals surface area (Å²) in [5.41, 5.74) is -0.516.